The molecule has 0 aliphatic rings. The molecule has 3 aromatic rings. The summed E-state index contributed by atoms with van der Waals surface area (Å²) in [5.41, 5.74) is 2.57. The van der Waals surface area contributed by atoms with Crippen molar-refractivity contribution in [1.29, 1.82) is 0 Å². The van der Waals surface area contributed by atoms with Gasteiger partial charge in [0.05, 0.1) is 6.54 Å². The van der Waals surface area contributed by atoms with Crippen LogP contribution in [-0.4, -0.2) is 27.0 Å². The third kappa shape index (κ3) is 4.42. The van der Waals surface area contributed by atoms with E-state index in [1.807, 2.05) is 37.3 Å². The molecular weight excluding hydrogens is 328 g/mol. The van der Waals surface area contributed by atoms with Crippen molar-refractivity contribution in [1.82, 2.24) is 19.9 Å². The van der Waals surface area contributed by atoms with Crippen LogP contribution in [0, 0.1) is 6.92 Å². The lowest BCUT2D eigenvalue weighted by Crippen LogP contribution is -2.34. The summed E-state index contributed by atoms with van der Waals surface area (Å²) < 4.78 is 1.51. The highest BCUT2D eigenvalue weighted by Gasteiger charge is 2.12. The van der Waals surface area contributed by atoms with Crippen LogP contribution in [0.1, 0.15) is 27.3 Å². The summed E-state index contributed by atoms with van der Waals surface area (Å²) in [6, 6.07) is 12.7. The molecule has 3 heterocycles. The number of aromatic nitrogens is 3. The molecule has 0 aromatic carbocycles. The van der Waals surface area contributed by atoms with Gasteiger partial charge in [0.2, 0.25) is 0 Å². The number of nitrogens with one attached hydrogen (secondary N) is 1. The Kier molecular flexibility index (Phi) is 5.53. The zero-order chi connectivity index (χ0) is 18.4. The lowest BCUT2D eigenvalue weighted by molar-refractivity contribution is 0.0952. The molecule has 1 N–H and O–H groups in total. The first kappa shape index (κ1) is 17.5. The van der Waals surface area contributed by atoms with E-state index in [4.69, 9.17) is 0 Å². The van der Waals surface area contributed by atoms with Crippen LogP contribution in [0.4, 0.5) is 0 Å². The largest absolute Gasteiger partial charge is 0.351 e. The van der Waals surface area contributed by atoms with E-state index in [1.165, 1.54) is 4.57 Å². The number of pyridine rings is 3. The van der Waals surface area contributed by atoms with E-state index in [0.717, 1.165) is 17.0 Å². The molecule has 26 heavy (non-hydrogen) atoms. The van der Waals surface area contributed by atoms with E-state index in [0.29, 0.717) is 19.5 Å². The number of hydrogen-bond acceptors (Lipinski definition) is 4. The van der Waals surface area contributed by atoms with Crippen LogP contribution in [0.3, 0.4) is 0 Å². The average molecular weight is 348 g/mol. The standard InChI is InChI=1S/C20H20N4O2/c1-15-5-2-7-17(23-15)9-11-22-19(25)18-8-4-12-24(20(18)26)14-16-6-3-10-21-13-16/h2-8,10,12-13H,9,11,14H2,1H3,(H,22,25). The van der Waals surface area contributed by atoms with E-state index < -0.39 is 0 Å². The minimum Gasteiger partial charge on any atom is -0.351 e. The molecule has 0 unspecified atom stereocenters. The van der Waals surface area contributed by atoms with Crippen LogP contribution in [0.2, 0.25) is 0 Å². The monoisotopic (exact) mass is 348 g/mol. The second-order valence-corrected chi connectivity index (χ2v) is 5.99. The normalized spacial score (nSPS) is 10.5. The predicted molar refractivity (Wildman–Crippen MR) is 99.1 cm³/mol. The second kappa shape index (κ2) is 8.20. The first-order valence-corrected chi connectivity index (χ1v) is 8.42. The van der Waals surface area contributed by atoms with Crippen LogP contribution < -0.4 is 10.9 Å². The number of nitrogens with zero attached hydrogens (tertiary/aromatic N) is 3. The van der Waals surface area contributed by atoms with E-state index in [1.54, 1.807) is 30.7 Å². The van der Waals surface area contributed by atoms with Crippen molar-refractivity contribution in [2.45, 2.75) is 19.9 Å². The second-order valence-electron chi connectivity index (χ2n) is 5.99. The maximum Gasteiger partial charge on any atom is 0.263 e. The van der Waals surface area contributed by atoms with E-state index in [2.05, 4.69) is 15.3 Å². The zero-order valence-electron chi connectivity index (χ0n) is 14.6. The van der Waals surface area contributed by atoms with Crippen LogP contribution in [-0.2, 0) is 13.0 Å². The summed E-state index contributed by atoms with van der Waals surface area (Å²) in [5.74, 6) is -0.372. The van der Waals surface area contributed by atoms with Gasteiger partial charge in [-0.15, -0.1) is 0 Å². The molecule has 0 atom stereocenters. The fourth-order valence-electron chi connectivity index (χ4n) is 2.66. The number of amides is 1. The fourth-order valence-corrected chi connectivity index (χ4v) is 2.66. The summed E-state index contributed by atoms with van der Waals surface area (Å²) in [5, 5.41) is 2.79. The van der Waals surface area contributed by atoms with E-state index in [-0.39, 0.29) is 17.0 Å². The highest BCUT2D eigenvalue weighted by atomic mass is 16.2. The van der Waals surface area contributed by atoms with Gasteiger partial charge in [-0.25, -0.2) is 0 Å². The molecule has 0 radical (unpaired) electrons. The molecule has 0 fully saturated rings. The van der Waals surface area contributed by atoms with Gasteiger partial charge in [-0.3, -0.25) is 19.6 Å². The highest BCUT2D eigenvalue weighted by molar-refractivity contribution is 5.93. The Balaban J connectivity index is 1.66. The number of rotatable bonds is 6. The van der Waals surface area contributed by atoms with Crippen molar-refractivity contribution in [3.05, 3.63) is 93.9 Å². The lowest BCUT2D eigenvalue weighted by atomic mass is 10.2. The number of carbonyl (C=O) groups excluding carboxylic acids is 1. The Labute approximate surface area is 151 Å². The smallest absolute Gasteiger partial charge is 0.263 e. The zero-order valence-corrected chi connectivity index (χ0v) is 14.6. The first-order valence-electron chi connectivity index (χ1n) is 8.42. The van der Waals surface area contributed by atoms with Gasteiger partial charge >= 0.3 is 0 Å². The molecular formula is C20H20N4O2. The van der Waals surface area contributed by atoms with Crippen LogP contribution >= 0.6 is 0 Å². The maximum atomic E-state index is 12.6. The van der Waals surface area contributed by atoms with Crippen molar-refractivity contribution >= 4 is 5.91 Å². The SMILES string of the molecule is Cc1cccc(CCNC(=O)c2cccn(Cc3cccnc3)c2=O)n1. The molecule has 6 heteroatoms. The molecule has 0 spiro atoms. The van der Waals surface area contributed by atoms with Gasteiger partial charge in [0.25, 0.3) is 11.5 Å². The third-order valence-electron chi connectivity index (χ3n) is 3.95. The van der Waals surface area contributed by atoms with Crippen LogP contribution in [0.5, 0.6) is 0 Å². The van der Waals surface area contributed by atoms with Gasteiger partial charge < -0.3 is 9.88 Å². The molecule has 3 aromatic heterocycles. The summed E-state index contributed by atoms with van der Waals surface area (Å²) in [6.07, 6.45) is 5.67. The minimum atomic E-state index is -0.372. The van der Waals surface area contributed by atoms with Gasteiger partial charge in [0.15, 0.2) is 0 Å². The molecule has 0 bridgehead atoms. The number of carbonyl (C=O) groups is 1. The molecule has 3 rings (SSSR count). The van der Waals surface area contributed by atoms with Gasteiger partial charge in [0.1, 0.15) is 5.56 Å². The molecule has 132 valence electrons. The van der Waals surface area contributed by atoms with Crippen LogP contribution in [0.25, 0.3) is 0 Å². The Bertz CT molecular complexity index is 951. The van der Waals surface area contributed by atoms with Crippen molar-refractivity contribution < 1.29 is 4.79 Å². The topological polar surface area (TPSA) is 76.9 Å². The van der Waals surface area contributed by atoms with Gasteiger partial charge in [-0.05, 0) is 42.8 Å². The number of aryl methyl sites for hydroxylation is 1. The average Bonchev–Trinajstić information content (AvgIpc) is 2.64. The van der Waals surface area contributed by atoms with Crippen molar-refractivity contribution in [3.63, 3.8) is 0 Å². The molecule has 0 saturated heterocycles. The maximum absolute atomic E-state index is 12.6. The summed E-state index contributed by atoms with van der Waals surface area (Å²) >= 11 is 0. The minimum absolute atomic E-state index is 0.133. The molecule has 0 saturated carbocycles. The Morgan fingerprint density at radius 3 is 2.81 bits per heavy atom. The summed E-state index contributed by atoms with van der Waals surface area (Å²) in [7, 11) is 0. The number of hydrogen-bond donors (Lipinski definition) is 1. The Morgan fingerprint density at radius 1 is 1.15 bits per heavy atom. The molecule has 1 amide bonds. The van der Waals surface area contributed by atoms with E-state index in [9.17, 15) is 9.59 Å². The Hall–Kier alpha value is -3.28. The van der Waals surface area contributed by atoms with Crippen molar-refractivity contribution in [3.8, 4) is 0 Å². The van der Waals surface area contributed by atoms with Gasteiger partial charge in [-0.1, -0.05) is 12.1 Å². The highest BCUT2D eigenvalue weighted by Crippen LogP contribution is 2.01. The fraction of sp³-hybridized carbons (Fsp3) is 0.200. The summed E-state index contributed by atoms with van der Waals surface area (Å²) in [4.78, 5) is 33.4. The lowest BCUT2D eigenvalue weighted by Gasteiger charge is -2.09. The van der Waals surface area contributed by atoms with Gasteiger partial charge in [0, 0.05) is 42.9 Å². The summed E-state index contributed by atoms with van der Waals surface area (Å²) in [6.45, 7) is 2.73. The third-order valence-corrected chi connectivity index (χ3v) is 3.95. The molecule has 6 nitrogen and oxygen atoms in total. The first-order chi connectivity index (χ1) is 12.6. The van der Waals surface area contributed by atoms with Crippen molar-refractivity contribution in [2.24, 2.45) is 0 Å². The van der Waals surface area contributed by atoms with E-state index >= 15 is 0 Å². The molecule has 0 aliphatic heterocycles. The predicted octanol–water partition coefficient (Wildman–Crippen LogP) is 1.97. The quantitative estimate of drug-likeness (QED) is 0.739. The van der Waals surface area contributed by atoms with Gasteiger partial charge in [-0.2, -0.15) is 0 Å². The van der Waals surface area contributed by atoms with Crippen molar-refractivity contribution in [2.75, 3.05) is 6.54 Å². The molecule has 0 aliphatic carbocycles. The Morgan fingerprint density at radius 2 is 2.04 bits per heavy atom. The van der Waals surface area contributed by atoms with Crippen LogP contribution in [0.15, 0.2) is 65.8 Å².